The van der Waals surface area contributed by atoms with E-state index >= 15 is 0 Å². The fourth-order valence-corrected chi connectivity index (χ4v) is 2.38. The molecule has 0 saturated carbocycles. The Morgan fingerprint density at radius 2 is 2.20 bits per heavy atom. The van der Waals surface area contributed by atoms with E-state index in [0.717, 1.165) is 17.5 Å². The molecule has 0 amide bonds. The van der Waals surface area contributed by atoms with Crippen molar-refractivity contribution in [3.05, 3.63) is 41.1 Å². The van der Waals surface area contributed by atoms with Crippen LogP contribution in [0.2, 0.25) is 0 Å². The summed E-state index contributed by atoms with van der Waals surface area (Å²) >= 11 is 0. The zero-order valence-corrected chi connectivity index (χ0v) is 12.1. The number of carbonyl (C=O) groups is 1. The second-order valence-electron chi connectivity index (χ2n) is 5.40. The average Bonchev–Trinajstić information content (AvgIpc) is 2.71. The SMILES string of the molecule is Cc1[nH]c2ccc(/C=C/C(=O)ON)cc2c1CC(C)C. The molecule has 106 valence electrons. The maximum atomic E-state index is 11.0. The second kappa shape index (κ2) is 5.92. The van der Waals surface area contributed by atoms with Crippen molar-refractivity contribution < 1.29 is 9.63 Å². The van der Waals surface area contributed by atoms with Gasteiger partial charge in [-0.05, 0) is 48.6 Å². The predicted octanol–water partition coefficient (Wildman–Crippen LogP) is 3.10. The first kappa shape index (κ1) is 14.3. The summed E-state index contributed by atoms with van der Waals surface area (Å²) in [5.41, 5.74) is 4.62. The minimum atomic E-state index is -0.558. The maximum absolute atomic E-state index is 11.0. The van der Waals surface area contributed by atoms with Crippen molar-refractivity contribution in [3.8, 4) is 0 Å². The third-order valence-electron chi connectivity index (χ3n) is 3.28. The maximum Gasteiger partial charge on any atom is 0.349 e. The summed E-state index contributed by atoms with van der Waals surface area (Å²) in [4.78, 5) is 18.5. The number of aromatic amines is 1. The lowest BCUT2D eigenvalue weighted by atomic mass is 9.99. The zero-order valence-electron chi connectivity index (χ0n) is 12.1. The number of aromatic nitrogens is 1. The van der Waals surface area contributed by atoms with E-state index in [-0.39, 0.29) is 0 Å². The minimum absolute atomic E-state index is 0.558. The Morgan fingerprint density at radius 1 is 1.45 bits per heavy atom. The van der Waals surface area contributed by atoms with Crippen LogP contribution in [-0.4, -0.2) is 11.0 Å². The van der Waals surface area contributed by atoms with Gasteiger partial charge >= 0.3 is 5.97 Å². The third kappa shape index (κ3) is 3.08. The Bertz CT molecular complexity index is 654. The zero-order chi connectivity index (χ0) is 14.7. The topological polar surface area (TPSA) is 68.1 Å². The highest BCUT2D eigenvalue weighted by Gasteiger charge is 2.10. The largest absolute Gasteiger partial charge is 0.370 e. The molecule has 1 heterocycles. The number of fused-ring (bicyclic) bond motifs is 1. The number of H-pyrrole nitrogens is 1. The van der Waals surface area contributed by atoms with Gasteiger partial charge in [-0.1, -0.05) is 19.9 Å². The quantitative estimate of drug-likeness (QED) is 0.663. The second-order valence-corrected chi connectivity index (χ2v) is 5.40. The number of aryl methyl sites for hydroxylation is 1. The van der Waals surface area contributed by atoms with Crippen molar-refractivity contribution in [1.29, 1.82) is 0 Å². The van der Waals surface area contributed by atoms with Crippen molar-refractivity contribution in [1.82, 2.24) is 4.98 Å². The summed E-state index contributed by atoms with van der Waals surface area (Å²) in [7, 11) is 0. The fraction of sp³-hybridized carbons (Fsp3) is 0.312. The van der Waals surface area contributed by atoms with Gasteiger partial charge in [0.05, 0.1) is 0 Å². The summed E-state index contributed by atoms with van der Waals surface area (Å²) in [5.74, 6) is 4.84. The van der Waals surface area contributed by atoms with Gasteiger partial charge < -0.3 is 9.82 Å². The van der Waals surface area contributed by atoms with Gasteiger partial charge in [0.15, 0.2) is 0 Å². The number of nitrogens with one attached hydrogen (secondary N) is 1. The number of hydrogen-bond acceptors (Lipinski definition) is 3. The molecule has 20 heavy (non-hydrogen) atoms. The van der Waals surface area contributed by atoms with Gasteiger partial charge in [0.2, 0.25) is 0 Å². The van der Waals surface area contributed by atoms with E-state index in [9.17, 15) is 4.79 Å². The monoisotopic (exact) mass is 272 g/mol. The summed E-state index contributed by atoms with van der Waals surface area (Å²) in [6.45, 7) is 6.51. The highest BCUT2D eigenvalue weighted by atomic mass is 16.7. The third-order valence-corrected chi connectivity index (χ3v) is 3.28. The summed E-state index contributed by atoms with van der Waals surface area (Å²) in [5, 5.41) is 1.21. The molecular weight excluding hydrogens is 252 g/mol. The van der Waals surface area contributed by atoms with Crippen LogP contribution in [0.25, 0.3) is 17.0 Å². The van der Waals surface area contributed by atoms with Crippen LogP contribution in [0.1, 0.15) is 30.7 Å². The molecule has 0 spiro atoms. The van der Waals surface area contributed by atoms with Crippen molar-refractivity contribution in [2.75, 3.05) is 0 Å². The van der Waals surface area contributed by atoms with Gasteiger partial charge in [0.25, 0.3) is 0 Å². The highest BCUT2D eigenvalue weighted by molar-refractivity contribution is 5.90. The van der Waals surface area contributed by atoms with Crippen LogP contribution in [0.3, 0.4) is 0 Å². The normalized spacial score (nSPS) is 11.7. The van der Waals surface area contributed by atoms with Gasteiger partial charge in [0.1, 0.15) is 0 Å². The highest BCUT2D eigenvalue weighted by Crippen LogP contribution is 2.26. The van der Waals surface area contributed by atoms with E-state index in [1.807, 2.05) is 12.1 Å². The Labute approximate surface area is 118 Å². The molecule has 0 atom stereocenters. The first-order chi connectivity index (χ1) is 9.51. The molecule has 1 aromatic heterocycles. The van der Waals surface area contributed by atoms with Gasteiger partial charge in [-0.15, -0.1) is 0 Å². The number of rotatable bonds is 4. The van der Waals surface area contributed by atoms with E-state index in [0.29, 0.717) is 5.92 Å². The first-order valence-corrected chi connectivity index (χ1v) is 6.71. The smallest absolute Gasteiger partial charge is 0.349 e. The van der Waals surface area contributed by atoms with E-state index < -0.39 is 5.97 Å². The first-order valence-electron chi connectivity index (χ1n) is 6.71. The average molecular weight is 272 g/mol. The molecule has 4 heteroatoms. The molecule has 0 aliphatic carbocycles. The van der Waals surface area contributed by atoms with Crippen molar-refractivity contribution in [3.63, 3.8) is 0 Å². The summed E-state index contributed by atoms with van der Waals surface area (Å²) in [6, 6.07) is 6.06. The molecule has 1 aromatic carbocycles. The standard InChI is InChI=1S/C16H20N2O2/c1-10(2)8-13-11(3)18-15-6-4-12(9-14(13)15)5-7-16(19)20-17/h4-7,9-10,18H,8,17H2,1-3H3/b7-5+. The van der Waals surface area contributed by atoms with Crippen LogP contribution >= 0.6 is 0 Å². The van der Waals surface area contributed by atoms with E-state index in [2.05, 4.69) is 36.7 Å². The predicted molar refractivity (Wildman–Crippen MR) is 80.9 cm³/mol. The Hall–Kier alpha value is -2.07. The van der Waals surface area contributed by atoms with Gasteiger partial charge in [-0.2, -0.15) is 5.90 Å². The van der Waals surface area contributed by atoms with Crippen LogP contribution in [0.5, 0.6) is 0 Å². The van der Waals surface area contributed by atoms with Gasteiger partial charge in [-0.3, -0.25) is 0 Å². The summed E-state index contributed by atoms with van der Waals surface area (Å²) < 4.78 is 0. The molecule has 0 radical (unpaired) electrons. The number of carbonyl (C=O) groups excluding carboxylic acids is 1. The van der Waals surface area contributed by atoms with Crippen molar-refractivity contribution >= 4 is 22.9 Å². The number of nitrogens with two attached hydrogens (primary N) is 1. The lowest BCUT2D eigenvalue weighted by molar-refractivity contribution is -0.138. The van der Waals surface area contributed by atoms with Crippen LogP contribution < -0.4 is 5.90 Å². The molecule has 2 aromatic rings. The molecule has 0 unspecified atom stereocenters. The van der Waals surface area contributed by atoms with E-state index in [1.54, 1.807) is 6.08 Å². The van der Waals surface area contributed by atoms with E-state index in [1.165, 1.54) is 22.7 Å². The molecule has 0 saturated heterocycles. The minimum Gasteiger partial charge on any atom is -0.370 e. The fourth-order valence-electron chi connectivity index (χ4n) is 2.38. The van der Waals surface area contributed by atoms with Crippen LogP contribution in [0.4, 0.5) is 0 Å². The van der Waals surface area contributed by atoms with Crippen molar-refractivity contribution in [2.45, 2.75) is 27.2 Å². The van der Waals surface area contributed by atoms with Gasteiger partial charge in [0, 0.05) is 22.7 Å². The molecule has 0 bridgehead atoms. The summed E-state index contributed by atoms with van der Waals surface area (Å²) in [6.07, 6.45) is 4.06. The molecule has 0 aliphatic rings. The Morgan fingerprint density at radius 3 is 2.85 bits per heavy atom. The van der Waals surface area contributed by atoms with Crippen LogP contribution in [0, 0.1) is 12.8 Å². The van der Waals surface area contributed by atoms with Crippen LogP contribution in [0.15, 0.2) is 24.3 Å². The molecular formula is C16H20N2O2. The van der Waals surface area contributed by atoms with E-state index in [4.69, 9.17) is 5.90 Å². The number of hydrogen-bond donors (Lipinski definition) is 2. The Balaban J connectivity index is 2.41. The Kier molecular flexibility index (Phi) is 4.25. The molecule has 2 rings (SSSR count). The lowest BCUT2D eigenvalue weighted by Crippen LogP contribution is -2.05. The molecule has 0 fully saturated rings. The van der Waals surface area contributed by atoms with Crippen molar-refractivity contribution in [2.24, 2.45) is 11.8 Å². The molecule has 3 N–H and O–H groups in total. The van der Waals surface area contributed by atoms with Gasteiger partial charge in [-0.25, -0.2) is 4.79 Å². The number of benzene rings is 1. The van der Waals surface area contributed by atoms with Crippen LogP contribution in [-0.2, 0) is 16.1 Å². The molecule has 0 aliphatic heterocycles. The lowest BCUT2D eigenvalue weighted by Gasteiger charge is -2.05. The molecule has 4 nitrogen and oxygen atoms in total.